The van der Waals surface area contributed by atoms with Crippen molar-refractivity contribution in [2.45, 2.75) is 26.7 Å². The Morgan fingerprint density at radius 3 is 2.47 bits per heavy atom. The Labute approximate surface area is 201 Å². The molecule has 0 aliphatic heterocycles. The molecule has 9 nitrogen and oxygen atoms in total. The van der Waals surface area contributed by atoms with Gasteiger partial charge in [0.15, 0.2) is 17.3 Å². The van der Waals surface area contributed by atoms with E-state index < -0.39 is 5.91 Å². The highest BCUT2D eigenvalue weighted by Gasteiger charge is 2.19. The van der Waals surface area contributed by atoms with Crippen LogP contribution in [0.3, 0.4) is 0 Å². The Bertz CT molecular complexity index is 896. The van der Waals surface area contributed by atoms with Gasteiger partial charge in [0.1, 0.15) is 0 Å². The maximum Gasteiger partial charge on any atom is 0.271 e. The predicted molar refractivity (Wildman–Crippen MR) is 134 cm³/mol. The number of benzene rings is 1. The van der Waals surface area contributed by atoms with E-state index in [1.807, 2.05) is 50.1 Å². The monoisotopic (exact) mass is 485 g/mol. The van der Waals surface area contributed by atoms with Crippen LogP contribution in [0.5, 0.6) is 0 Å². The van der Waals surface area contributed by atoms with Gasteiger partial charge >= 0.3 is 0 Å². The number of rotatable bonds is 11. The molecule has 0 radical (unpaired) electrons. The van der Waals surface area contributed by atoms with Crippen LogP contribution < -0.4 is 26.6 Å². The number of amides is 2. The average molecular weight is 486 g/mol. The lowest BCUT2D eigenvalue weighted by atomic mass is 10.1. The van der Waals surface area contributed by atoms with E-state index in [2.05, 4.69) is 25.9 Å². The van der Waals surface area contributed by atoms with Gasteiger partial charge in [-0.15, -0.1) is 24.8 Å². The third-order valence-electron chi connectivity index (χ3n) is 4.61. The van der Waals surface area contributed by atoms with Gasteiger partial charge in [-0.05, 0) is 44.5 Å². The number of aromatic nitrogens is 2. The average Bonchev–Trinajstić information content (AvgIpc) is 2.73. The fourth-order valence-electron chi connectivity index (χ4n) is 2.92. The van der Waals surface area contributed by atoms with Gasteiger partial charge < -0.3 is 26.6 Å². The van der Waals surface area contributed by atoms with Gasteiger partial charge in [0.05, 0.1) is 12.2 Å². The quantitative estimate of drug-likeness (QED) is 0.383. The molecule has 178 valence electrons. The van der Waals surface area contributed by atoms with Crippen molar-refractivity contribution in [2.75, 3.05) is 43.9 Å². The predicted octanol–water partition coefficient (Wildman–Crippen LogP) is 2.06. The molecule has 0 bridgehead atoms. The molecule has 1 heterocycles. The normalized spacial score (nSPS) is 9.88. The number of nitrogens with one attached hydrogen (secondary N) is 3. The fourth-order valence-corrected chi connectivity index (χ4v) is 2.92. The Morgan fingerprint density at radius 2 is 1.88 bits per heavy atom. The van der Waals surface area contributed by atoms with Crippen molar-refractivity contribution in [1.29, 1.82) is 0 Å². The van der Waals surface area contributed by atoms with E-state index in [-0.39, 0.29) is 36.4 Å². The summed E-state index contributed by atoms with van der Waals surface area (Å²) in [6, 6.07) is 7.72. The highest BCUT2D eigenvalue weighted by Crippen LogP contribution is 2.24. The number of aryl methyl sites for hydroxylation is 1. The first-order chi connectivity index (χ1) is 14.4. The van der Waals surface area contributed by atoms with Gasteiger partial charge in [0.2, 0.25) is 5.91 Å². The smallest absolute Gasteiger partial charge is 0.271 e. The van der Waals surface area contributed by atoms with Crippen LogP contribution in [-0.2, 0) is 17.6 Å². The first kappa shape index (κ1) is 29.4. The number of anilines is 3. The summed E-state index contributed by atoms with van der Waals surface area (Å²) in [6.07, 6.45) is 1.32. The minimum absolute atomic E-state index is 0. The maximum atomic E-state index is 12.0. The molecule has 2 aromatic rings. The molecule has 0 fully saturated rings. The lowest BCUT2D eigenvalue weighted by molar-refractivity contribution is -0.120. The lowest BCUT2D eigenvalue weighted by Crippen LogP contribution is -2.33. The van der Waals surface area contributed by atoms with Crippen molar-refractivity contribution < 1.29 is 9.59 Å². The highest BCUT2D eigenvalue weighted by molar-refractivity contribution is 5.96. The van der Waals surface area contributed by atoms with Crippen LogP contribution >= 0.6 is 24.8 Å². The first-order valence-electron chi connectivity index (χ1n) is 10.1. The van der Waals surface area contributed by atoms with Crippen molar-refractivity contribution in [2.24, 2.45) is 5.73 Å². The Morgan fingerprint density at radius 1 is 1.16 bits per heavy atom. The van der Waals surface area contributed by atoms with Crippen LogP contribution in [0, 0.1) is 0 Å². The SMILES string of the molecule is CCc1nc(C(N)=O)c(Nc2cccc(CCNC(=O)CNC)c2)nc1N(C)CC.Cl.Cl. The lowest BCUT2D eigenvalue weighted by Gasteiger charge is -2.21. The summed E-state index contributed by atoms with van der Waals surface area (Å²) < 4.78 is 0. The summed E-state index contributed by atoms with van der Waals surface area (Å²) >= 11 is 0. The zero-order chi connectivity index (χ0) is 22.1. The van der Waals surface area contributed by atoms with Crippen LogP contribution in [-0.4, -0.2) is 55.5 Å². The molecule has 1 aromatic carbocycles. The van der Waals surface area contributed by atoms with Gasteiger partial charge in [-0.2, -0.15) is 0 Å². The number of hydrogen-bond acceptors (Lipinski definition) is 7. The van der Waals surface area contributed by atoms with E-state index in [4.69, 9.17) is 5.73 Å². The van der Waals surface area contributed by atoms with Crippen LogP contribution in [0.4, 0.5) is 17.3 Å². The molecule has 0 spiro atoms. The molecule has 2 rings (SSSR count). The molecule has 11 heteroatoms. The third kappa shape index (κ3) is 8.14. The molecule has 5 N–H and O–H groups in total. The van der Waals surface area contributed by atoms with Crippen molar-refractivity contribution in [3.63, 3.8) is 0 Å². The molecule has 0 unspecified atom stereocenters. The molecule has 0 atom stereocenters. The number of primary amides is 1. The Balaban J connectivity index is 0.00000480. The molecule has 2 amide bonds. The number of nitrogens with two attached hydrogens (primary N) is 1. The number of nitrogens with zero attached hydrogens (tertiary/aromatic N) is 3. The number of carbonyl (C=O) groups is 2. The molecule has 0 saturated carbocycles. The van der Waals surface area contributed by atoms with E-state index in [1.165, 1.54) is 0 Å². The number of carbonyl (C=O) groups excluding carboxylic acids is 2. The van der Waals surface area contributed by atoms with Crippen LogP contribution in [0.25, 0.3) is 0 Å². The molecule has 0 saturated heterocycles. The maximum absolute atomic E-state index is 12.0. The van der Waals surface area contributed by atoms with E-state index in [1.54, 1.807) is 7.05 Å². The van der Waals surface area contributed by atoms with Crippen LogP contribution in [0.15, 0.2) is 24.3 Å². The van der Waals surface area contributed by atoms with E-state index in [0.29, 0.717) is 31.7 Å². The fraction of sp³-hybridized carbons (Fsp3) is 0.429. The molecule has 0 aliphatic rings. The number of halogens is 2. The highest BCUT2D eigenvalue weighted by atomic mass is 35.5. The van der Waals surface area contributed by atoms with Gasteiger partial charge in [-0.25, -0.2) is 9.97 Å². The van der Waals surface area contributed by atoms with Crippen molar-refractivity contribution in [3.8, 4) is 0 Å². The molecular weight excluding hydrogens is 453 g/mol. The standard InChI is InChI=1S/C21H31N7O2.2ClH/c1-5-16-21(28(4)6-2)27-20(18(26-16)19(22)30)25-15-9-7-8-14(12-15)10-11-24-17(29)13-23-3;;/h7-9,12,23H,5-6,10-11,13H2,1-4H3,(H2,22,30)(H,24,29)(H,25,27);2*1H. The Kier molecular flexibility index (Phi) is 13.3. The van der Waals surface area contributed by atoms with Crippen LogP contribution in [0.1, 0.15) is 35.6 Å². The van der Waals surface area contributed by atoms with Crippen molar-refractivity contribution >= 4 is 54.0 Å². The summed E-state index contributed by atoms with van der Waals surface area (Å²) in [5.74, 6) is 0.371. The second-order valence-corrected chi connectivity index (χ2v) is 6.88. The largest absolute Gasteiger partial charge is 0.364 e. The summed E-state index contributed by atoms with van der Waals surface area (Å²) in [5, 5.41) is 8.85. The van der Waals surface area contributed by atoms with E-state index >= 15 is 0 Å². The zero-order valence-corrected chi connectivity index (χ0v) is 20.5. The van der Waals surface area contributed by atoms with E-state index in [0.717, 1.165) is 29.3 Å². The second kappa shape index (κ2) is 14.4. The third-order valence-corrected chi connectivity index (χ3v) is 4.61. The summed E-state index contributed by atoms with van der Waals surface area (Å²) in [7, 11) is 3.66. The van der Waals surface area contributed by atoms with Crippen molar-refractivity contribution in [3.05, 3.63) is 41.2 Å². The van der Waals surface area contributed by atoms with Crippen LogP contribution in [0.2, 0.25) is 0 Å². The summed E-state index contributed by atoms with van der Waals surface area (Å²) in [5.41, 5.74) is 8.20. The van der Waals surface area contributed by atoms with E-state index in [9.17, 15) is 9.59 Å². The first-order valence-corrected chi connectivity index (χ1v) is 10.1. The minimum atomic E-state index is -0.631. The number of likely N-dealkylation sites (N-methyl/N-ethyl adjacent to an activating group) is 1. The molecule has 1 aromatic heterocycles. The van der Waals surface area contributed by atoms with Gasteiger partial charge in [-0.3, -0.25) is 9.59 Å². The molecule has 0 aliphatic carbocycles. The summed E-state index contributed by atoms with van der Waals surface area (Å²) in [4.78, 5) is 34.6. The second-order valence-electron chi connectivity index (χ2n) is 6.88. The molecular formula is C21H33Cl2N7O2. The van der Waals surface area contributed by atoms with Gasteiger partial charge in [0, 0.05) is 25.8 Å². The minimum Gasteiger partial charge on any atom is -0.364 e. The van der Waals surface area contributed by atoms with Gasteiger partial charge in [0.25, 0.3) is 5.91 Å². The van der Waals surface area contributed by atoms with Gasteiger partial charge in [-0.1, -0.05) is 19.1 Å². The topological polar surface area (TPSA) is 125 Å². The molecule has 32 heavy (non-hydrogen) atoms. The number of hydrogen-bond donors (Lipinski definition) is 4. The summed E-state index contributed by atoms with van der Waals surface area (Å²) in [6.45, 7) is 5.57. The zero-order valence-electron chi connectivity index (χ0n) is 18.9. The van der Waals surface area contributed by atoms with Crippen molar-refractivity contribution in [1.82, 2.24) is 20.6 Å². The Hall–Kier alpha value is -2.62.